The SMILES string of the molecule is Cc1cccc(C(N)=S)c1NC1CCN(C)C1=O. The molecule has 3 N–H and O–H groups in total. The van der Waals surface area contributed by atoms with Crippen LogP contribution in [0.15, 0.2) is 18.2 Å². The van der Waals surface area contributed by atoms with Crippen molar-refractivity contribution in [3.63, 3.8) is 0 Å². The van der Waals surface area contributed by atoms with E-state index in [0.29, 0.717) is 4.99 Å². The number of nitrogens with two attached hydrogens (primary N) is 1. The van der Waals surface area contributed by atoms with E-state index in [0.717, 1.165) is 29.8 Å². The Balaban J connectivity index is 2.29. The number of carbonyl (C=O) groups is 1. The van der Waals surface area contributed by atoms with Gasteiger partial charge in [-0.2, -0.15) is 0 Å². The molecule has 1 aromatic rings. The van der Waals surface area contributed by atoms with E-state index in [1.807, 2.05) is 32.2 Å². The van der Waals surface area contributed by atoms with Gasteiger partial charge in [-0.15, -0.1) is 0 Å². The number of para-hydroxylation sites is 1. The number of rotatable bonds is 3. The van der Waals surface area contributed by atoms with Gasteiger partial charge >= 0.3 is 0 Å². The van der Waals surface area contributed by atoms with E-state index >= 15 is 0 Å². The van der Waals surface area contributed by atoms with Crippen molar-refractivity contribution in [2.75, 3.05) is 18.9 Å². The average Bonchev–Trinajstić information content (AvgIpc) is 2.63. The van der Waals surface area contributed by atoms with Crippen molar-refractivity contribution >= 4 is 28.8 Å². The van der Waals surface area contributed by atoms with Gasteiger partial charge in [0, 0.05) is 24.8 Å². The van der Waals surface area contributed by atoms with Crippen LogP contribution in [0.3, 0.4) is 0 Å². The highest BCUT2D eigenvalue weighted by molar-refractivity contribution is 7.80. The molecule has 0 radical (unpaired) electrons. The maximum absolute atomic E-state index is 11.9. The molecule has 1 unspecified atom stereocenters. The molecular formula is C13H17N3OS. The van der Waals surface area contributed by atoms with Gasteiger partial charge in [-0.25, -0.2) is 0 Å². The molecule has 0 spiro atoms. The topological polar surface area (TPSA) is 58.4 Å². The minimum Gasteiger partial charge on any atom is -0.389 e. The van der Waals surface area contributed by atoms with Crippen LogP contribution in [-0.4, -0.2) is 35.4 Å². The van der Waals surface area contributed by atoms with E-state index in [1.165, 1.54) is 0 Å². The molecule has 18 heavy (non-hydrogen) atoms. The van der Waals surface area contributed by atoms with Crippen molar-refractivity contribution in [2.45, 2.75) is 19.4 Å². The Hall–Kier alpha value is -1.62. The summed E-state index contributed by atoms with van der Waals surface area (Å²) in [5, 5.41) is 3.28. The predicted octanol–water partition coefficient (Wildman–Crippen LogP) is 1.27. The Morgan fingerprint density at radius 3 is 2.83 bits per heavy atom. The molecule has 5 heteroatoms. The van der Waals surface area contributed by atoms with Gasteiger partial charge < -0.3 is 16.0 Å². The van der Waals surface area contributed by atoms with E-state index < -0.39 is 0 Å². The fraction of sp³-hybridized carbons (Fsp3) is 0.385. The minimum absolute atomic E-state index is 0.118. The molecule has 1 aromatic carbocycles. The summed E-state index contributed by atoms with van der Waals surface area (Å²) in [6, 6.07) is 5.59. The molecule has 1 heterocycles. The summed E-state index contributed by atoms with van der Waals surface area (Å²) in [6.45, 7) is 2.76. The molecular weight excluding hydrogens is 246 g/mol. The van der Waals surface area contributed by atoms with Crippen molar-refractivity contribution in [3.05, 3.63) is 29.3 Å². The lowest BCUT2D eigenvalue weighted by Crippen LogP contribution is -2.32. The van der Waals surface area contributed by atoms with E-state index in [2.05, 4.69) is 5.32 Å². The summed E-state index contributed by atoms with van der Waals surface area (Å²) in [4.78, 5) is 14.0. The highest BCUT2D eigenvalue weighted by atomic mass is 32.1. The van der Waals surface area contributed by atoms with Crippen LogP contribution in [0.2, 0.25) is 0 Å². The summed E-state index contributed by atoms with van der Waals surface area (Å²) in [7, 11) is 1.82. The number of amides is 1. The van der Waals surface area contributed by atoms with Gasteiger partial charge in [0.05, 0.1) is 0 Å². The van der Waals surface area contributed by atoms with Gasteiger partial charge in [0.2, 0.25) is 5.91 Å². The van der Waals surface area contributed by atoms with Crippen LogP contribution < -0.4 is 11.1 Å². The van der Waals surface area contributed by atoms with E-state index in [1.54, 1.807) is 4.90 Å². The first-order valence-electron chi connectivity index (χ1n) is 5.91. The fourth-order valence-corrected chi connectivity index (χ4v) is 2.37. The summed E-state index contributed by atoms with van der Waals surface area (Å²) in [5.41, 5.74) is 8.43. The third-order valence-corrected chi connectivity index (χ3v) is 3.50. The Morgan fingerprint density at radius 1 is 1.56 bits per heavy atom. The van der Waals surface area contributed by atoms with E-state index in [-0.39, 0.29) is 11.9 Å². The van der Waals surface area contributed by atoms with Crippen molar-refractivity contribution in [2.24, 2.45) is 5.73 Å². The quantitative estimate of drug-likeness (QED) is 0.806. The lowest BCUT2D eigenvalue weighted by Gasteiger charge is -2.18. The molecule has 1 aliphatic heterocycles. The Bertz CT molecular complexity index is 501. The molecule has 0 saturated carbocycles. The molecule has 96 valence electrons. The molecule has 4 nitrogen and oxygen atoms in total. The standard InChI is InChI=1S/C13H17N3OS/c1-8-4-3-5-9(12(14)18)11(8)15-10-6-7-16(2)13(10)17/h3-5,10,15H,6-7H2,1-2H3,(H2,14,18). The number of anilines is 1. The molecule has 0 aromatic heterocycles. The molecule has 2 rings (SSSR count). The molecule has 1 atom stereocenters. The summed E-state index contributed by atoms with van der Waals surface area (Å²) >= 11 is 5.05. The molecule has 0 aliphatic carbocycles. The second-order valence-electron chi connectivity index (χ2n) is 4.61. The van der Waals surface area contributed by atoms with Crippen LogP contribution in [0.1, 0.15) is 17.5 Å². The fourth-order valence-electron chi connectivity index (χ4n) is 2.20. The zero-order valence-electron chi connectivity index (χ0n) is 10.6. The molecule has 1 saturated heterocycles. The van der Waals surface area contributed by atoms with Crippen LogP contribution >= 0.6 is 12.2 Å². The first-order chi connectivity index (χ1) is 8.50. The molecule has 0 bridgehead atoms. The zero-order chi connectivity index (χ0) is 13.3. The van der Waals surface area contributed by atoms with E-state index in [9.17, 15) is 4.79 Å². The number of hydrogen-bond acceptors (Lipinski definition) is 3. The third kappa shape index (κ3) is 2.31. The van der Waals surface area contributed by atoms with Crippen molar-refractivity contribution in [1.29, 1.82) is 0 Å². The number of likely N-dealkylation sites (N-methyl/N-ethyl adjacent to an activating group) is 1. The molecule has 1 amide bonds. The van der Waals surface area contributed by atoms with Crippen molar-refractivity contribution < 1.29 is 4.79 Å². The maximum atomic E-state index is 11.9. The number of aryl methyl sites for hydroxylation is 1. The lowest BCUT2D eigenvalue weighted by atomic mass is 10.1. The van der Waals surface area contributed by atoms with Gasteiger partial charge in [-0.1, -0.05) is 24.4 Å². The highest BCUT2D eigenvalue weighted by Gasteiger charge is 2.29. The molecule has 1 fully saturated rings. The van der Waals surface area contributed by atoms with Gasteiger partial charge in [0.15, 0.2) is 0 Å². The first kappa shape index (κ1) is 12.8. The summed E-state index contributed by atoms with van der Waals surface area (Å²) in [6.07, 6.45) is 0.806. The van der Waals surface area contributed by atoms with Crippen LogP contribution in [0.25, 0.3) is 0 Å². The van der Waals surface area contributed by atoms with Crippen molar-refractivity contribution in [1.82, 2.24) is 4.90 Å². The van der Waals surface area contributed by atoms with Crippen LogP contribution in [0.5, 0.6) is 0 Å². The second kappa shape index (κ2) is 4.94. The van der Waals surface area contributed by atoms with Crippen LogP contribution in [0.4, 0.5) is 5.69 Å². The number of carbonyl (C=O) groups excluding carboxylic acids is 1. The number of nitrogens with one attached hydrogen (secondary N) is 1. The maximum Gasteiger partial charge on any atom is 0.244 e. The monoisotopic (exact) mass is 263 g/mol. The number of hydrogen-bond donors (Lipinski definition) is 2. The molecule has 1 aliphatic rings. The average molecular weight is 263 g/mol. The van der Waals surface area contributed by atoms with E-state index in [4.69, 9.17) is 18.0 Å². The summed E-state index contributed by atoms with van der Waals surface area (Å²) in [5.74, 6) is 0.118. The van der Waals surface area contributed by atoms with Gasteiger partial charge in [0.1, 0.15) is 11.0 Å². The van der Waals surface area contributed by atoms with Gasteiger partial charge in [0.25, 0.3) is 0 Å². The second-order valence-corrected chi connectivity index (χ2v) is 5.05. The minimum atomic E-state index is -0.177. The predicted molar refractivity (Wildman–Crippen MR) is 76.7 cm³/mol. The number of likely N-dealkylation sites (tertiary alicyclic amines) is 1. The van der Waals surface area contributed by atoms with Crippen molar-refractivity contribution in [3.8, 4) is 0 Å². The Morgan fingerprint density at radius 2 is 2.28 bits per heavy atom. The third-order valence-electron chi connectivity index (χ3n) is 3.28. The van der Waals surface area contributed by atoms with Gasteiger partial charge in [-0.3, -0.25) is 4.79 Å². The number of benzene rings is 1. The Labute approximate surface area is 112 Å². The van der Waals surface area contributed by atoms with Crippen LogP contribution in [0, 0.1) is 6.92 Å². The largest absolute Gasteiger partial charge is 0.389 e. The van der Waals surface area contributed by atoms with Crippen LogP contribution in [-0.2, 0) is 4.79 Å². The summed E-state index contributed by atoms with van der Waals surface area (Å²) < 4.78 is 0. The number of nitrogens with zero attached hydrogens (tertiary/aromatic N) is 1. The smallest absolute Gasteiger partial charge is 0.244 e. The van der Waals surface area contributed by atoms with Gasteiger partial charge in [-0.05, 0) is 25.0 Å². The lowest BCUT2D eigenvalue weighted by molar-refractivity contribution is -0.127. The first-order valence-corrected chi connectivity index (χ1v) is 6.32. The Kier molecular flexibility index (Phi) is 3.52. The number of thiocarbonyl (C=S) groups is 1. The zero-order valence-corrected chi connectivity index (χ0v) is 11.4. The highest BCUT2D eigenvalue weighted by Crippen LogP contribution is 2.24. The normalized spacial score (nSPS) is 19.1.